The Balaban J connectivity index is 2.38. The van der Waals surface area contributed by atoms with Crippen molar-refractivity contribution < 1.29 is 9.90 Å². The molecule has 0 saturated carbocycles. The molecule has 3 nitrogen and oxygen atoms in total. The van der Waals surface area contributed by atoms with Gasteiger partial charge in [-0.1, -0.05) is 20.8 Å². The second-order valence-electron chi connectivity index (χ2n) is 4.64. The summed E-state index contributed by atoms with van der Waals surface area (Å²) in [5.41, 5.74) is 0.262. The predicted octanol–water partition coefficient (Wildman–Crippen LogP) is 1.54. The fourth-order valence-corrected chi connectivity index (χ4v) is 2.89. The highest BCUT2D eigenvalue weighted by atomic mass is 32.2. The topological polar surface area (TPSA) is 49.3 Å². The Morgan fingerprint density at radius 3 is 2.62 bits per heavy atom. The van der Waals surface area contributed by atoms with Crippen molar-refractivity contribution in [3.63, 3.8) is 0 Å². The van der Waals surface area contributed by atoms with Gasteiger partial charge in [0.15, 0.2) is 0 Å². The van der Waals surface area contributed by atoms with E-state index in [2.05, 4.69) is 26.1 Å². The van der Waals surface area contributed by atoms with Crippen LogP contribution in [0.5, 0.6) is 0 Å². The lowest BCUT2D eigenvalue weighted by molar-refractivity contribution is -0.138. The normalized spacial score (nSPS) is 29.2. The van der Waals surface area contributed by atoms with Crippen molar-refractivity contribution in [2.45, 2.75) is 38.6 Å². The van der Waals surface area contributed by atoms with E-state index in [1.54, 1.807) is 11.8 Å². The molecule has 13 heavy (non-hydrogen) atoms. The van der Waals surface area contributed by atoms with Crippen LogP contribution in [0.15, 0.2) is 0 Å². The van der Waals surface area contributed by atoms with Crippen LogP contribution in [0.4, 0.5) is 0 Å². The summed E-state index contributed by atoms with van der Waals surface area (Å²) in [4.78, 5) is 10.6. The first-order valence-electron chi connectivity index (χ1n) is 4.49. The number of hydrogen-bond donors (Lipinski definition) is 2. The lowest BCUT2D eigenvalue weighted by Crippen LogP contribution is -2.37. The molecule has 1 fully saturated rings. The van der Waals surface area contributed by atoms with Gasteiger partial charge in [-0.3, -0.25) is 10.1 Å². The number of rotatable bonds is 2. The van der Waals surface area contributed by atoms with Gasteiger partial charge in [0.25, 0.3) is 0 Å². The molecule has 0 aliphatic carbocycles. The third-order valence-corrected chi connectivity index (χ3v) is 3.18. The first-order valence-corrected chi connectivity index (χ1v) is 5.54. The highest BCUT2D eigenvalue weighted by molar-refractivity contribution is 8.00. The van der Waals surface area contributed by atoms with Crippen LogP contribution in [0, 0.1) is 5.41 Å². The van der Waals surface area contributed by atoms with Crippen molar-refractivity contribution in [3.8, 4) is 0 Å². The number of aliphatic carboxylic acids is 1. The fraction of sp³-hybridized carbons (Fsp3) is 0.889. The van der Waals surface area contributed by atoms with Crippen LogP contribution < -0.4 is 5.32 Å². The second kappa shape index (κ2) is 3.88. The Labute approximate surface area is 83.3 Å². The summed E-state index contributed by atoms with van der Waals surface area (Å²) in [6.45, 7) is 6.51. The van der Waals surface area contributed by atoms with Crippen LogP contribution in [-0.4, -0.2) is 28.2 Å². The highest BCUT2D eigenvalue weighted by Gasteiger charge is 2.31. The molecule has 2 N–H and O–H groups in total. The third-order valence-electron chi connectivity index (χ3n) is 1.95. The molecule has 1 aliphatic heterocycles. The number of thioether (sulfide) groups is 1. The maximum absolute atomic E-state index is 10.6. The first kappa shape index (κ1) is 10.9. The largest absolute Gasteiger partial charge is 0.480 e. The van der Waals surface area contributed by atoms with Crippen LogP contribution in [0.25, 0.3) is 0 Å². The van der Waals surface area contributed by atoms with Crippen molar-refractivity contribution in [2.24, 2.45) is 5.41 Å². The molecule has 1 saturated heterocycles. The molecule has 0 bridgehead atoms. The zero-order chi connectivity index (χ0) is 10.1. The standard InChI is InChI=1S/C9H17NO2S/c1-9(2,3)4-7-10-6(5-13-7)8(11)12/h6-7,10H,4-5H2,1-3H3,(H,11,12)/t6-,7+/m0/s1. The summed E-state index contributed by atoms with van der Waals surface area (Å²) in [5.74, 6) is -0.0419. The number of nitrogens with one attached hydrogen (secondary N) is 1. The molecule has 0 spiro atoms. The Morgan fingerprint density at radius 2 is 2.23 bits per heavy atom. The number of carboxylic acids is 1. The molecule has 0 radical (unpaired) electrons. The molecule has 1 rings (SSSR count). The molecule has 0 aromatic carbocycles. The van der Waals surface area contributed by atoms with Crippen molar-refractivity contribution in [1.29, 1.82) is 0 Å². The van der Waals surface area contributed by atoms with Crippen LogP contribution in [-0.2, 0) is 4.79 Å². The van der Waals surface area contributed by atoms with Gasteiger partial charge in [-0.25, -0.2) is 0 Å². The number of carboxylic acid groups (broad SMARTS) is 1. The minimum Gasteiger partial charge on any atom is -0.480 e. The summed E-state index contributed by atoms with van der Waals surface area (Å²) in [6, 6.07) is -0.350. The number of carbonyl (C=O) groups is 1. The molecule has 4 heteroatoms. The molecule has 1 heterocycles. The van der Waals surface area contributed by atoms with E-state index in [9.17, 15) is 4.79 Å². The van der Waals surface area contributed by atoms with E-state index in [0.717, 1.165) is 6.42 Å². The third kappa shape index (κ3) is 3.56. The summed E-state index contributed by atoms with van der Waals surface area (Å²) in [5, 5.41) is 12.2. The average Bonchev–Trinajstić information content (AvgIpc) is 2.31. The van der Waals surface area contributed by atoms with E-state index < -0.39 is 5.97 Å². The van der Waals surface area contributed by atoms with Gasteiger partial charge in [0.2, 0.25) is 0 Å². The van der Waals surface area contributed by atoms with Crippen LogP contribution >= 0.6 is 11.8 Å². The van der Waals surface area contributed by atoms with E-state index in [0.29, 0.717) is 11.1 Å². The SMILES string of the molecule is CC(C)(C)C[C@@H]1N[C@H](C(=O)O)CS1. The summed E-state index contributed by atoms with van der Waals surface area (Å²) >= 11 is 1.71. The van der Waals surface area contributed by atoms with Gasteiger partial charge in [0.05, 0.1) is 5.37 Å². The van der Waals surface area contributed by atoms with E-state index >= 15 is 0 Å². The van der Waals surface area contributed by atoms with Gasteiger partial charge >= 0.3 is 5.97 Å². The van der Waals surface area contributed by atoms with E-state index in [1.807, 2.05) is 0 Å². The van der Waals surface area contributed by atoms with Gasteiger partial charge in [-0.05, 0) is 11.8 Å². The van der Waals surface area contributed by atoms with Crippen LogP contribution in [0.2, 0.25) is 0 Å². The highest BCUT2D eigenvalue weighted by Crippen LogP contribution is 2.30. The minimum atomic E-state index is -0.732. The maximum Gasteiger partial charge on any atom is 0.321 e. The molecule has 1 aliphatic rings. The van der Waals surface area contributed by atoms with Crippen molar-refractivity contribution in [2.75, 3.05) is 5.75 Å². The lowest BCUT2D eigenvalue weighted by atomic mass is 9.92. The van der Waals surface area contributed by atoms with E-state index in [4.69, 9.17) is 5.11 Å². The van der Waals surface area contributed by atoms with Crippen molar-refractivity contribution in [1.82, 2.24) is 5.32 Å². The van der Waals surface area contributed by atoms with Crippen molar-refractivity contribution >= 4 is 17.7 Å². The Hall–Kier alpha value is -0.220. The molecule has 0 aromatic heterocycles. The van der Waals surface area contributed by atoms with Crippen LogP contribution in [0.1, 0.15) is 27.2 Å². The predicted molar refractivity (Wildman–Crippen MR) is 54.9 cm³/mol. The molecule has 2 atom stereocenters. The smallest absolute Gasteiger partial charge is 0.321 e. The van der Waals surface area contributed by atoms with Gasteiger partial charge in [-0.15, -0.1) is 11.8 Å². The number of hydrogen-bond acceptors (Lipinski definition) is 3. The molecule has 0 unspecified atom stereocenters. The molecular weight excluding hydrogens is 186 g/mol. The zero-order valence-electron chi connectivity index (χ0n) is 8.33. The summed E-state index contributed by atoms with van der Waals surface area (Å²) in [7, 11) is 0. The Kier molecular flexibility index (Phi) is 3.24. The molecule has 76 valence electrons. The molecule has 0 aromatic rings. The quantitative estimate of drug-likeness (QED) is 0.714. The zero-order valence-corrected chi connectivity index (χ0v) is 9.15. The van der Waals surface area contributed by atoms with Gasteiger partial charge in [-0.2, -0.15) is 0 Å². The van der Waals surface area contributed by atoms with Gasteiger partial charge in [0.1, 0.15) is 6.04 Å². The lowest BCUT2D eigenvalue weighted by Gasteiger charge is -2.22. The van der Waals surface area contributed by atoms with Gasteiger partial charge in [0, 0.05) is 5.75 Å². The molecular formula is C9H17NO2S. The van der Waals surface area contributed by atoms with E-state index in [1.165, 1.54) is 0 Å². The monoisotopic (exact) mass is 203 g/mol. The van der Waals surface area contributed by atoms with Crippen LogP contribution in [0.3, 0.4) is 0 Å². The Morgan fingerprint density at radius 1 is 1.62 bits per heavy atom. The Bertz CT molecular complexity index is 200. The van der Waals surface area contributed by atoms with Crippen molar-refractivity contribution in [3.05, 3.63) is 0 Å². The van der Waals surface area contributed by atoms with Gasteiger partial charge < -0.3 is 5.11 Å². The maximum atomic E-state index is 10.6. The molecule has 0 amide bonds. The second-order valence-corrected chi connectivity index (χ2v) is 5.88. The fourth-order valence-electron chi connectivity index (χ4n) is 1.35. The summed E-state index contributed by atoms with van der Waals surface area (Å²) in [6.07, 6.45) is 1.02. The average molecular weight is 203 g/mol. The van der Waals surface area contributed by atoms with E-state index in [-0.39, 0.29) is 11.5 Å². The summed E-state index contributed by atoms with van der Waals surface area (Å²) < 4.78 is 0. The first-order chi connectivity index (χ1) is 5.88. The minimum absolute atomic E-state index is 0.262.